The van der Waals surface area contributed by atoms with E-state index in [0.29, 0.717) is 11.8 Å². The first kappa shape index (κ1) is 11.1. The van der Waals surface area contributed by atoms with Gasteiger partial charge < -0.3 is 9.88 Å². The molecule has 1 fully saturated rings. The van der Waals surface area contributed by atoms with Crippen LogP contribution in [-0.4, -0.2) is 22.6 Å². The van der Waals surface area contributed by atoms with Crippen molar-refractivity contribution in [2.75, 3.05) is 13.1 Å². The Morgan fingerprint density at radius 1 is 1.41 bits per heavy atom. The lowest BCUT2D eigenvalue weighted by Gasteiger charge is -2.13. The highest BCUT2D eigenvalue weighted by molar-refractivity contribution is 6.31. The highest BCUT2D eigenvalue weighted by atomic mass is 35.5. The molecule has 3 rings (SSSR count). The number of fused-ring (bicyclic) bond motifs is 1. The summed E-state index contributed by atoms with van der Waals surface area (Å²) in [5, 5.41) is 4.17. The van der Waals surface area contributed by atoms with Crippen molar-refractivity contribution in [3.8, 4) is 0 Å². The topological polar surface area (TPSA) is 29.9 Å². The van der Waals surface area contributed by atoms with Crippen LogP contribution in [0.3, 0.4) is 0 Å². The van der Waals surface area contributed by atoms with Crippen molar-refractivity contribution in [2.24, 2.45) is 13.0 Å². The van der Waals surface area contributed by atoms with E-state index >= 15 is 0 Å². The molecule has 90 valence electrons. The van der Waals surface area contributed by atoms with Crippen LogP contribution in [0, 0.1) is 5.92 Å². The Morgan fingerprint density at radius 3 is 2.94 bits per heavy atom. The van der Waals surface area contributed by atoms with Gasteiger partial charge in [0.1, 0.15) is 5.82 Å². The fourth-order valence-corrected chi connectivity index (χ4v) is 2.85. The van der Waals surface area contributed by atoms with E-state index < -0.39 is 0 Å². The van der Waals surface area contributed by atoms with E-state index in [9.17, 15) is 0 Å². The van der Waals surface area contributed by atoms with Crippen molar-refractivity contribution in [3.63, 3.8) is 0 Å². The Labute approximate surface area is 106 Å². The second-order valence-corrected chi connectivity index (χ2v) is 5.34. The molecule has 0 unspecified atom stereocenters. The third-order valence-electron chi connectivity index (χ3n) is 3.73. The van der Waals surface area contributed by atoms with Crippen LogP contribution in [0.4, 0.5) is 0 Å². The van der Waals surface area contributed by atoms with Gasteiger partial charge in [0.25, 0.3) is 0 Å². The standard InChI is InChI=1S/C13H16ClN3/c1-8-6-15-7-10(8)13-16-11-5-9(14)3-4-12(11)17(13)2/h3-5,8,10,15H,6-7H2,1-2H3/t8-,10-/m1/s1. The van der Waals surface area contributed by atoms with E-state index in [1.54, 1.807) is 0 Å². The Bertz CT molecular complexity index is 561. The summed E-state index contributed by atoms with van der Waals surface area (Å²) in [5.74, 6) is 2.31. The van der Waals surface area contributed by atoms with Crippen molar-refractivity contribution in [3.05, 3.63) is 29.0 Å². The number of imidazole rings is 1. The third kappa shape index (κ3) is 1.74. The second-order valence-electron chi connectivity index (χ2n) is 4.90. The summed E-state index contributed by atoms with van der Waals surface area (Å²) >= 11 is 6.01. The third-order valence-corrected chi connectivity index (χ3v) is 3.96. The van der Waals surface area contributed by atoms with E-state index in [0.717, 1.165) is 29.1 Å². The number of hydrogen-bond donors (Lipinski definition) is 1. The van der Waals surface area contributed by atoms with Crippen molar-refractivity contribution in [2.45, 2.75) is 12.8 Å². The van der Waals surface area contributed by atoms with Gasteiger partial charge in [-0.05, 0) is 30.7 Å². The van der Waals surface area contributed by atoms with E-state index in [4.69, 9.17) is 16.6 Å². The van der Waals surface area contributed by atoms with Crippen molar-refractivity contribution >= 4 is 22.6 Å². The zero-order chi connectivity index (χ0) is 12.0. The van der Waals surface area contributed by atoms with Crippen molar-refractivity contribution in [1.82, 2.24) is 14.9 Å². The van der Waals surface area contributed by atoms with Gasteiger partial charge in [-0.1, -0.05) is 18.5 Å². The predicted octanol–water partition coefficient (Wildman–Crippen LogP) is 2.55. The number of hydrogen-bond acceptors (Lipinski definition) is 2. The molecule has 0 radical (unpaired) electrons. The summed E-state index contributed by atoms with van der Waals surface area (Å²) < 4.78 is 2.19. The average molecular weight is 250 g/mol. The normalized spacial score (nSPS) is 24.6. The summed E-state index contributed by atoms with van der Waals surface area (Å²) in [7, 11) is 2.09. The zero-order valence-electron chi connectivity index (χ0n) is 10.1. The molecule has 1 aromatic heterocycles. The first-order valence-corrected chi connectivity index (χ1v) is 6.37. The minimum Gasteiger partial charge on any atom is -0.331 e. The van der Waals surface area contributed by atoms with Crippen LogP contribution in [0.5, 0.6) is 0 Å². The summed E-state index contributed by atoms with van der Waals surface area (Å²) in [6, 6.07) is 5.90. The number of nitrogens with zero attached hydrogens (tertiary/aromatic N) is 2. The van der Waals surface area contributed by atoms with Crippen molar-refractivity contribution < 1.29 is 0 Å². The maximum atomic E-state index is 6.01. The van der Waals surface area contributed by atoms with E-state index in [-0.39, 0.29) is 0 Å². The quantitative estimate of drug-likeness (QED) is 0.842. The van der Waals surface area contributed by atoms with Gasteiger partial charge in [0.05, 0.1) is 11.0 Å². The molecule has 1 aliphatic heterocycles. The molecule has 3 nitrogen and oxygen atoms in total. The molecule has 4 heteroatoms. The van der Waals surface area contributed by atoms with E-state index in [1.807, 2.05) is 18.2 Å². The van der Waals surface area contributed by atoms with Gasteiger partial charge in [0.15, 0.2) is 0 Å². The van der Waals surface area contributed by atoms with Gasteiger partial charge in [-0.2, -0.15) is 0 Å². The molecule has 2 heterocycles. The van der Waals surface area contributed by atoms with Crippen LogP contribution in [0.1, 0.15) is 18.7 Å². The van der Waals surface area contributed by atoms with Crippen LogP contribution in [-0.2, 0) is 7.05 Å². The number of aromatic nitrogens is 2. The molecule has 1 aliphatic rings. The summed E-state index contributed by atoms with van der Waals surface area (Å²) in [4.78, 5) is 4.74. The maximum Gasteiger partial charge on any atom is 0.114 e. The maximum absolute atomic E-state index is 6.01. The lowest BCUT2D eigenvalue weighted by Crippen LogP contribution is -2.13. The Kier molecular flexibility index (Phi) is 2.60. The number of rotatable bonds is 1. The minimum absolute atomic E-state index is 0.506. The zero-order valence-corrected chi connectivity index (χ0v) is 10.8. The summed E-state index contributed by atoms with van der Waals surface area (Å²) in [6.45, 7) is 4.37. The van der Waals surface area contributed by atoms with Gasteiger partial charge in [-0.25, -0.2) is 4.98 Å². The van der Waals surface area contributed by atoms with E-state index in [1.165, 1.54) is 5.82 Å². The molecule has 1 saturated heterocycles. The summed E-state index contributed by atoms with van der Waals surface area (Å²) in [5.41, 5.74) is 2.15. The summed E-state index contributed by atoms with van der Waals surface area (Å²) in [6.07, 6.45) is 0. The first-order chi connectivity index (χ1) is 8.16. The number of nitrogens with one attached hydrogen (secondary N) is 1. The van der Waals surface area contributed by atoms with E-state index in [2.05, 4.69) is 23.9 Å². The molecule has 0 saturated carbocycles. The van der Waals surface area contributed by atoms with Gasteiger partial charge in [0.2, 0.25) is 0 Å². The van der Waals surface area contributed by atoms with Crippen LogP contribution in [0.2, 0.25) is 5.02 Å². The van der Waals surface area contributed by atoms with Gasteiger partial charge in [0, 0.05) is 24.5 Å². The Morgan fingerprint density at radius 2 is 2.24 bits per heavy atom. The molecule has 2 aromatic rings. The highest BCUT2D eigenvalue weighted by Crippen LogP contribution is 2.29. The van der Waals surface area contributed by atoms with Gasteiger partial charge in [-0.15, -0.1) is 0 Å². The fourth-order valence-electron chi connectivity index (χ4n) is 2.68. The Balaban J connectivity index is 2.14. The minimum atomic E-state index is 0.506. The van der Waals surface area contributed by atoms with Crippen LogP contribution < -0.4 is 5.32 Å². The lowest BCUT2D eigenvalue weighted by molar-refractivity contribution is 0.533. The molecule has 0 amide bonds. The molecule has 1 aromatic carbocycles. The number of benzene rings is 1. The molecule has 0 spiro atoms. The molecule has 1 N–H and O–H groups in total. The molecule has 17 heavy (non-hydrogen) atoms. The van der Waals surface area contributed by atoms with Crippen molar-refractivity contribution in [1.29, 1.82) is 0 Å². The monoisotopic (exact) mass is 249 g/mol. The van der Waals surface area contributed by atoms with Crippen LogP contribution in [0.25, 0.3) is 11.0 Å². The van der Waals surface area contributed by atoms with Crippen LogP contribution >= 0.6 is 11.6 Å². The predicted molar refractivity (Wildman–Crippen MR) is 70.5 cm³/mol. The molecule has 0 aliphatic carbocycles. The fraction of sp³-hybridized carbons (Fsp3) is 0.462. The second kappa shape index (κ2) is 4.00. The lowest BCUT2D eigenvalue weighted by atomic mass is 9.97. The van der Waals surface area contributed by atoms with Gasteiger partial charge in [-0.3, -0.25) is 0 Å². The molecule has 2 atom stereocenters. The number of aryl methyl sites for hydroxylation is 1. The molecule has 0 bridgehead atoms. The smallest absolute Gasteiger partial charge is 0.114 e. The largest absolute Gasteiger partial charge is 0.331 e. The molecular weight excluding hydrogens is 234 g/mol. The number of halogens is 1. The average Bonchev–Trinajstić information content (AvgIpc) is 2.83. The first-order valence-electron chi connectivity index (χ1n) is 5.99. The van der Waals surface area contributed by atoms with Gasteiger partial charge >= 0.3 is 0 Å². The molecular formula is C13H16ClN3. The highest BCUT2D eigenvalue weighted by Gasteiger charge is 2.28. The van der Waals surface area contributed by atoms with Crippen LogP contribution in [0.15, 0.2) is 18.2 Å². The Hall–Kier alpha value is -1.06. The SMILES string of the molecule is C[C@@H]1CNC[C@H]1c1nc2cc(Cl)ccc2n1C.